The van der Waals surface area contributed by atoms with E-state index in [-0.39, 0.29) is 21.5 Å². The molecule has 0 aromatic heterocycles. The zero-order chi connectivity index (χ0) is 15.8. The zero-order valence-corrected chi connectivity index (χ0v) is 12.7. The van der Waals surface area contributed by atoms with Gasteiger partial charge in [0.2, 0.25) is 11.8 Å². The molecule has 0 radical (unpaired) electrons. The largest absolute Gasteiger partial charge is 0.390 e. The van der Waals surface area contributed by atoms with Gasteiger partial charge in [0, 0.05) is 16.6 Å². The number of amides is 2. The molecule has 1 aliphatic rings. The second kappa shape index (κ2) is 5.80. The molecule has 0 saturated carbocycles. The maximum absolute atomic E-state index is 12.1. The first kappa shape index (κ1) is 16.0. The van der Waals surface area contributed by atoms with Crippen molar-refractivity contribution in [1.82, 2.24) is 10.0 Å². The second-order valence-corrected chi connectivity index (χ2v) is 6.92. The fraction of sp³-hybridized carbons (Fsp3) is 0.273. The number of carbonyl (C=O) groups is 2. The third kappa shape index (κ3) is 3.46. The van der Waals surface area contributed by atoms with Gasteiger partial charge in [-0.15, -0.1) is 0 Å². The highest BCUT2D eigenvalue weighted by Crippen LogP contribution is 2.22. The lowest BCUT2D eigenvalue weighted by atomic mass is 10.1. The van der Waals surface area contributed by atoms with Crippen LogP contribution < -0.4 is 10.0 Å². The fourth-order valence-electron chi connectivity index (χ4n) is 1.84. The summed E-state index contributed by atoms with van der Waals surface area (Å²) in [6, 6.07) is 3.54. The number of benzene rings is 1. The summed E-state index contributed by atoms with van der Waals surface area (Å²) in [4.78, 5) is 22.9. The molecule has 2 rings (SSSR count). The molecule has 2 amide bonds. The van der Waals surface area contributed by atoms with Crippen LogP contribution >= 0.6 is 23.2 Å². The van der Waals surface area contributed by atoms with E-state index < -0.39 is 33.9 Å². The van der Waals surface area contributed by atoms with Crippen molar-refractivity contribution in [3.63, 3.8) is 0 Å². The molecule has 10 heteroatoms. The lowest BCUT2D eigenvalue weighted by Gasteiger charge is -2.12. The van der Waals surface area contributed by atoms with E-state index in [9.17, 15) is 23.1 Å². The van der Waals surface area contributed by atoms with Gasteiger partial charge in [-0.25, -0.2) is 13.1 Å². The van der Waals surface area contributed by atoms with Crippen LogP contribution in [0.1, 0.15) is 0 Å². The van der Waals surface area contributed by atoms with Crippen molar-refractivity contribution in [3.8, 4) is 0 Å². The maximum atomic E-state index is 12.1. The number of aliphatic hydroxyl groups is 1. The van der Waals surface area contributed by atoms with Crippen molar-refractivity contribution in [2.75, 3.05) is 6.54 Å². The van der Waals surface area contributed by atoms with E-state index in [2.05, 4.69) is 5.32 Å². The van der Waals surface area contributed by atoms with Crippen molar-refractivity contribution >= 4 is 45.0 Å². The SMILES string of the molecule is O=C1NCC(O)C1C(=O)NS(=O)(=O)c1cc(Cl)cc(Cl)c1. The highest BCUT2D eigenvalue weighted by molar-refractivity contribution is 7.90. The smallest absolute Gasteiger partial charge is 0.264 e. The summed E-state index contributed by atoms with van der Waals surface area (Å²) in [6.45, 7) is -0.111. The van der Waals surface area contributed by atoms with Gasteiger partial charge in [-0.2, -0.15) is 0 Å². The number of rotatable bonds is 3. The molecule has 7 nitrogen and oxygen atoms in total. The molecule has 0 spiro atoms. The fourth-order valence-corrected chi connectivity index (χ4v) is 3.57. The van der Waals surface area contributed by atoms with Crippen molar-refractivity contribution in [2.45, 2.75) is 11.0 Å². The number of sulfonamides is 1. The molecule has 3 N–H and O–H groups in total. The van der Waals surface area contributed by atoms with E-state index in [4.69, 9.17) is 23.2 Å². The standard InChI is InChI=1S/C11H10Cl2N2O5S/c12-5-1-6(13)3-7(2-5)21(19,20)15-11(18)9-8(16)4-14-10(9)17/h1-3,8-9,16H,4H2,(H,14,17)(H,15,18). The first-order chi connectivity index (χ1) is 9.70. The highest BCUT2D eigenvalue weighted by Gasteiger charge is 2.40. The van der Waals surface area contributed by atoms with E-state index >= 15 is 0 Å². The molecule has 1 saturated heterocycles. The lowest BCUT2D eigenvalue weighted by molar-refractivity contribution is -0.134. The predicted octanol–water partition coefficient (Wildman–Crippen LogP) is -0.0948. The second-order valence-electron chi connectivity index (χ2n) is 4.37. The molecule has 2 atom stereocenters. The van der Waals surface area contributed by atoms with Crippen LogP contribution in [-0.4, -0.2) is 38.0 Å². The van der Waals surface area contributed by atoms with Crippen LogP contribution in [0.4, 0.5) is 0 Å². The monoisotopic (exact) mass is 352 g/mol. The molecule has 1 fully saturated rings. The maximum Gasteiger partial charge on any atom is 0.264 e. The van der Waals surface area contributed by atoms with Gasteiger partial charge in [-0.05, 0) is 18.2 Å². The molecule has 1 aromatic rings. The Morgan fingerprint density at radius 1 is 1.29 bits per heavy atom. The van der Waals surface area contributed by atoms with Crippen LogP contribution in [-0.2, 0) is 19.6 Å². The van der Waals surface area contributed by atoms with Crippen LogP contribution in [0.15, 0.2) is 23.1 Å². The third-order valence-electron chi connectivity index (χ3n) is 2.82. The summed E-state index contributed by atoms with van der Waals surface area (Å²) in [5.74, 6) is -3.33. The molecule has 0 aliphatic carbocycles. The van der Waals surface area contributed by atoms with Gasteiger partial charge in [0.05, 0.1) is 11.0 Å². The third-order valence-corrected chi connectivity index (χ3v) is 4.58. The Hall–Kier alpha value is -1.35. The Morgan fingerprint density at radius 3 is 2.33 bits per heavy atom. The predicted molar refractivity (Wildman–Crippen MR) is 74.3 cm³/mol. The van der Waals surface area contributed by atoms with Crippen molar-refractivity contribution in [1.29, 1.82) is 0 Å². The Labute approximate surface area is 130 Å². The van der Waals surface area contributed by atoms with Gasteiger partial charge in [-0.1, -0.05) is 23.2 Å². The molecule has 21 heavy (non-hydrogen) atoms. The summed E-state index contributed by atoms with van der Waals surface area (Å²) in [6.07, 6.45) is -1.28. The number of carbonyl (C=O) groups excluding carboxylic acids is 2. The van der Waals surface area contributed by atoms with Crippen molar-refractivity contribution in [3.05, 3.63) is 28.2 Å². The number of β-amino-alcohol motifs (C(OH)–C–C–N with tert-alkyl or cyclic N) is 1. The van der Waals surface area contributed by atoms with E-state index in [0.717, 1.165) is 12.1 Å². The average Bonchev–Trinajstić information content (AvgIpc) is 2.67. The highest BCUT2D eigenvalue weighted by atomic mass is 35.5. The van der Waals surface area contributed by atoms with Crippen LogP contribution in [0.25, 0.3) is 0 Å². The summed E-state index contributed by atoms with van der Waals surface area (Å²) >= 11 is 11.4. The Bertz CT molecular complexity index is 686. The van der Waals surface area contributed by atoms with Gasteiger partial charge in [0.1, 0.15) is 5.92 Å². The minimum atomic E-state index is -4.25. The summed E-state index contributed by atoms with van der Waals surface area (Å²) < 4.78 is 25.8. The van der Waals surface area contributed by atoms with Gasteiger partial charge in [0.15, 0.2) is 0 Å². The zero-order valence-electron chi connectivity index (χ0n) is 10.3. The van der Waals surface area contributed by atoms with Crippen molar-refractivity contribution < 1.29 is 23.1 Å². The minimum Gasteiger partial charge on any atom is -0.390 e. The summed E-state index contributed by atoms with van der Waals surface area (Å²) in [7, 11) is -4.25. The number of aliphatic hydroxyl groups excluding tert-OH is 1. The summed E-state index contributed by atoms with van der Waals surface area (Å²) in [5.41, 5.74) is 0. The molecule has 114 valence electrons. The average molecular weight is 353 g/mol. The molecule has 1 heterocycles. The summed E-state index contributed by atoms with van der Waals surface area (Å²) in [5, 5.41) is 11.9. The number of halogens is 2. The first-order valence-electron chi connectivity index (χ1n) is 5.69. The lowest BCUT2D eigenvalue weighted by Crippen LogP contribution is -2.42. The molecule has 2 unspecified atom stereocenters. The first-order valence-corrected chi connectivity index (χ1v) is 7.93. The quantitative estimate of drug-likeness (QED) is 0.657. The van der Waals surface area contributed by atoms with Gasteiger partial charge in [-0.3, -0.25) is 9.59 Å². The molecule has 0 bridgehead atoms. The Kier molecular flexibility index (Phi) is 4.43. The molecule has 1 aliphatic heterocycles. The van der Waals surface area contributed by atoms with E-state index in [0.29, 0.717) is 0 Å². The van der Waals surface area contributed by atoms with Gasteiger partial charge >= 0.3 is 0 Å². The molecular weight excluding hydrogens is 343 g/mol. The Balaban J connectivity index is 2.25. The number of hydrogen-bond donors (Lipinski definition) is 3. The Morgan fingerprint density at radius 2 is 1.86 bits per heavy atom. The molecule has 1 aromatic carbocycles. The van der Waals surface area contributed by atoms with Crippen LogP contribution in [0.5, 0.6) is 0 Å². The van der Waals surface area contributed by atoms with Crippen LogP contribution in [0.2, 0.25) is 10.0 Å². The number of hydrogen-bond acceptors (Lipinski definition) is 5. The van der Waals surface area contributed by atoms with Gasteiger partial charge < -0.3 is 10.4 Å². The van der Waals surface area contributed by atoms with E-state index in [1.807, 2.05) is 0 Å². The van der Waals surface area contributed by atoms with Gasteiger partial charge in [0.25, 0.3) is 10.0 Å². The van der Waals surface area contributed by atoms with Crippen LogP contribution in [0, 0.1) is 5.92 Å². The topological polar surface area (TPSA) is 113 Å². The molecular formula is C11H10Cl2N2O5S. The van der Waals surface area contributed by atoms with E-state index in [1.54, 1.807) is 4.72 Å². The minimum absolute atomic E-state index is 0.0777. The number of nitrogens with one attached hydrogen (secondary N) is 2. The van der Waals surface area contributed by atoms with E-state index in [1.165, 1.54) is 6.07 Å². The normalized spacial score (nSPS) is 22.0. The van der Waals surface area contributed by atoms with Crippen molar-refractivity contribution in [2.24, 2.45) is 5.92 Å². The van der Waals surface area contributed by atoms with Crippen LogP contribution in [0.3, 0.4) is 0 Å².